The van der Waals surface area contributed by atoms with Gasteiger partial charge in [-0.15, -0.1) is 0 Å². The minimum atomic E-state index is -1.01. The number of ether oxygens (including phenoxy) is 2. The first kappa shape index (κ1) is 41.3. The summed E-state index contributed by atoms with van der Waals surface area (Å²) in [6.07, 6.45) is 0.800. The molecule has 0 aromatic carbocycles. The fraction of sp³-hybridized carbons (Fsp3) is 0.788. The molecule has 1 saturated heterocycles. The smallest absolute Gasteiger partial charge is 0.307 e. The molecule has 0 aliphatic carbocycles. The Hall–Kier alpha value is -3.71. The average molecular weight is 668 g/mol. The lowest BCUT2D eigenvalue weighted by atomic mass is 9.94. The lowest BCUT2D eigenvalue weighted by molar-refractivity contribution is -0.161. The highest BCUT2D eigenvalue weighted by molar-refractivity contribution is 5.96. The van der Waals surface area contributed by atoms with Gasteiger partial charge in [0.1, 0.15) is 24.2 Å². The SMILES string of the molecule is CC[C@H](C)[C@H](NC(=O)[C@@H]1CCCN1C(=O)C(CC(C)C)OC(C)=O)C(=O)N(C)[C@H](C(=O)N(C)[C@@H](C)C(=O)NCCC(=O)OC)C(C)C. The summed E-state index contributed by atoms with van der Waals surface area (Å²) in [5, 5.41) is 5.49. The van der Waals surface area contributed by atoms with Crippen LogP contribution >= 0.6 is 0 Å². The molecule has 0 aromatic rings. The Kier molecular flexibility index (Phi) is 16.9. The van der Waals surface area contributed by atoms with Crippen LogP contribution in [0.15, 0.2) is 0 Å². The van der Waals surface area contributed by atoms with Gasteiger partial charge in [0.15, 0.2) is 6.10 Å². The number of hydrogen-bond acceptors (Lipinski definition) is 9. The summed E-state index contributed by atoms with van der Waals surface area (Å²) in [5.41, 5.74) is 0. The molecule has 1 aliphatic rings. The standard InChI is InChI=1S/C33H57N5O9/c1-12-21(6)27(35-30(42)24-14-13-17-38(24)31(43)25(18-19(2)3)47-23(8)39)32(44)37(10)28(20(4)5)33(45)36(9)22(7)29(41)34-16-15-26(40)46-11/h19-22,24-25,27-28H,12-18H2,1-11H3,(H,34,41)(H,35,42)/t21-,22-,24-,25?,27-,28-/m0/s1. The van der Waals surface area contributed by atoms with Crippen LogP contribution < -0.4 is 10.6 Å². The number of rotatable bonds is 17. The third-order valence-electron chi connectivity index (χ3n) is 8.70. The van der Waals surface area contributed by atoms with Gasteiger partial charge in [0.25, 0.3) is 5.91 Å². The van der Waals surface area contributed by atoms with Crippen LogP contribution in [0.4, 0.5) is 0 Å². The van der Waals surface area contributed by atoms with Crippen LogP contribution in [0.5, 0.6) is 0 Å². The van der Waals surface area contributed by atoms with E-state index < -0.39 is 71.7 Å². The highest BCUT2D eigenvalue weighted by Crippen LogP contribution is 2.24. The number of carbonyl (C=O) groups excluding carboxylic acids is 7. The number of esters is 2. The maximum Gasteiger partial charge on any atom is 0.307 e. The largest absolute Gasteiger partial charge is 0.469 e. The highest BCUT2D eigenvalue weighted by atomic mass is 16.5. The lowest BCUT2D eigenvalue weighted by Crippen LogP contribution is -2.61. The second kappa shape index (κ2) is 19.2. The van der Waals surface area contributed by atoms with Crippen LogP contribution in [0, 0.1) is 17.8 Å². The maximum absolute atomic E-state index is 14.0. The zero-order valence-electron chi connectivity index (χ0n) is 30.1. The van der Waals surface area contributed by atoms with Crippen LogP contribution in [0.2, 0.25) is 0 Å². The summed E-state index contributed by atoms with van der Waals surface area (Å²) in [6.45, 7) is 14.3. The van der Waals surface area contributed by atoms with Gasteiger partial charge in [-0.05, 0) is 43.9 Å². The van der Waals surface area contributed by atoms with Crippen LogP contribution in [-0.4, -0.2) is 121 Å². The van der Waals surface area contributed by atoms with E-state index in [1.54, 1.807) is 20.8 Å². The molecule has 14 nitrogen and oxygen atoms in total. The topological polar surface area (TPSA) is 172 Å². The lowest BCUT2D eigenvalue weighted by Gasteiger charge is -2.38. The number of nitrogens with one attached hydrogen (secondary N) is 2. The van der Waals surface area contributed by atoms with Crippen molar-refractivity contribution in [3.8, 4) is 0 Å². The predicted molar refractivity (Wildman–Crippen MR) is 174 cm³/mol. The van der Waals surface area contributed by atoms with Gasteiger partial charge in [0, 0.05) is 34.1 Å². The molecule has 0 radical (unpaired) electrons. The van der Waals surface area contributed by atoms with Crippen LogP contribution in [0.1, 0.15) is 87.5 Å². The summed E-state index contributed by atoms with van der Waals surface area (Å²) in [7, 11) is 4.23. The fourth-order valence-electron chi connectivity index (χ4n) is 5.62. The van der Waals surface area contributed by atoms with Crippen molar-refractivity contribution in [2.75, 3.05) is 34.3 Å². The molecule has 268 valence electrons. The quantitative estimate of drug-likeness (QED) is 0.218. The van der Waals surface area contributed by atoms with Gasteiger partial charge in [-0.1, -0.05) is 48.0 Å². The van der Waals surface area contributed by atoms with Crippen molar-refractivity contribution < 1.29 is 43.0 Å². The number of likely N-dealkylation sites (tertiary alicyclic amines) is 1. The van der Waals surface area contributed by atoms with E-state index >= 15 is 0 Å². The predicted octanol–water partition coefficient (Wildman–Crippen LogP) is 1.50. The Morgan fingerprint density at radius 3 is 2.06 bits per heavy atom. The van der Waals surface area contributed by atoms with E-state index in [2.05, 4.69) is 15.4 Å². The Morgan fingerprint density at radius 1 is 0.936 bits per heavy atom. The Bertz CT molecular complexity index is 1130. The van der Waals surface area contributed by atoms with E-state index in [0.717, 1.165) is 0 Å². The van der Waals surface area contributed by atoms with Crippen LogP contribution in [0.25, 0.3) is 0 Å². The Morgan fingerprint density at radius 2 is 1.55 bits per heavy atom. The third kappa shape index (κ3) is 11.8. The zero-order chi connectivity index (χ0) is 36.2. The van der Waals surface area contributed by atoms with Gasteiger partial charge >= 0.3 is 11.9 Å². The molecule has 1 heterocycles. The van der Waals surface area contributed by atoms with E-state index in [1.807, 2.05) is 27.7 Å². The van der Waals surface area contributed by atoms with E-state index in [4.69, 9.17) is 4.74 Å². The van der Waals surface area contributed by atoms with Gasteiger partial charge in [0.05, 0.1) is 13.5 Å². The summed E-state index contributed by atoms with van der Waals surface area (Å²) < 4.78 is 9.90. The van der Waals surface area contributed by atoms with E-state index in [0.29, 0.717) is 32.2 Å². The molecule has 0 spiro atoms. The van der Waals surface area contributed by atoms with Gasteiger partial charge < -0.3 is 34.8 Å². The first-order chi connectivity index (χ1) is 21.9. The van der Waals surface area contributed by atoms with Crippen molar-refractivity contribution >= 4 is 41.5 Å². The summed E-state index contributed by atoms with van der Waals surface area (Å²) in [5.74, 6) is -3.97. The normalized spacial score (nSPS) is 17.6. The summed E-state index contributed by atoms with van der Waals surface area (Å²) in [4.78, 5) is 94.8. The number of hydrogen-bond donors (Lipinski definition) is 2. The third-order valence-corrected chi connectivity index (χ3v) is 8.70. The molecule has 0 aromatic heterocycles. The number of nitrogens with zero attached hydrogens (tertiary/aromatic N) is 3. The molecule has 0 saturated carbocycles. The molecule has 1 fully saturated rings. The molecule has 1 rings (SSSR count). The summed E-state index contributed by atoms with van der Waals surface area (Å²) in [6, 6.07) is -3.68. The van der Waals surface area contributed by atoms with Crippen molar-refractivity contribution in [1.82, 2.24) is 25.3 Å². The van der Waals surface area contributed by atoms with Gasteiger partial charge in [-0.2, -0.15) is 0 Å². The van der Waals surface area contributed by atoms with Gasteiger partial charge in [-0.3, -0.25) is 33.6 Å². The first-order valence-corrected chi connectivity index (χ1v) is 16.5. The van der Waals surface area contributed by atoms with E-state index in [1.165, 1.54) is 42.8 Å². The molecule has 14 heteroatoms. The molecule has 1 aliphatic heterocycles. The Balaban J connectivity index is 3.17. The van der Waals surface area contributed by atoms with Crippen molar-refractivity contribution in [3.63, 3.8) is 0 Å². The molecule has 0 bridgehead atoms. The molecular weight excluding hydrogens is 610 g/mol. The molecule has 5 amide bonds. The molecular formula is C33H57N5O9. The number of amides is 5. The summed E-state index contributed by atoms with van der Waals surface area (Å²) >= 11 is 0. The minimum absolute atomic E-state index is 0.0152. The maximum atomic E-state index is 14.0. The average Bonchev–Trinajstić information content (AvgIpc) is 3.50. The monoisotopic (exact) mass is 667 g/mol. The molecule has 2 N–H and O–H groups in total. The first-order valence-electron chi connectivity index (χ1n) is 16.5. The minimum Gasteiger partial charge on any atom is -0.469 e. The van der Waals surface area contributed by atoms with Crippen molar-refractivity contribution in [1.29, 1.82) is 0 Å². The molecule has 1 unspecified atom stereocenters. The van der Waals surface area contributed by atoms with E-state index in [-0.39, 0.29) is 30.7 Å². The van der Waals surface area contributed by atoms with E-state index in [9.17, 15) is 33.6 Å². The van der Waals surface area contributed by atoms with Crippen molar-refractivity contribution in [3.05, 3.63) is 0 Å². The highest BCUT2D eigenvalue weighted by Gasteiger charge is 2.42. The van der Waals surface area contributed by atoms with Crippen LogP contribution in [-0.2, 0) is 43.0 Å². The van der Waals surface area contributed by atoms with Crippen LogP contribution in [0.3, 0.4) is 0 Å². The molecule has 6 atom stereocenters. The molecule has 47 heavy (non-hydrogen) atoms. The zero-order valence-corrected chi connectivity index (χ0v) is 30.1. The Labute approximate surface area is 279 Å². The van der Waals surface area contributed by atoms with Crippen molar-refractivity contribution in [2.24, 2.45) is 17.8 Å². The van der Waals surface area contributed by atoms with Gasteiger partial charge in [0.2, 0.25) is 23.6 Å². The fourth-order valence-corrected chi connectivity index (χ4v) is 5.62. The number of carbonyl (C=O) groups is 7. The van der Waals surface area contributed by atoms with Crippen molar-refractivity contribution in [2.45, 2.75) is 118 Å². The second-order valence-electron chi connectivity index (χ2n) is 13.2. The van der Waals surface area contributed by atoms with Gasteiger partial charge in [-0.25, -0.2) is 0 Å². The number of methoxy groups -OCH3 is 1. The number of likely N-dealkylation sites (N-methyl/N-ethyl adjacent to an activating group) is 2. The second-order valence-corrected chi connectivity index (χ2v) is 13.2.